The van der Waals surface area contributed by atoms with Crippen LogP contribution in [0.15, 0.2) is 0 Å². The van der Waals surface area contributed by atoms with Crippen molar-refractivity contribution in [3.05, 3.63) is 0 Å². The van der Waals surface area contributed by atoms with Crippen molar-refractivity contribution >= 4 is 0 Å². The third-order valence-corrected chi connectivity index (χ3v) is 3.58. The minimum Gasteiger partial charge on any atom is -0.383 e. The average molecular weight is 228 g/mol. The molecule has 1 fully saturated rings. The predicted molar refractivity (Wildman–Crippen MR) is 68.9 cm³/mol. The lowest BCUT2D eigenvalue weighted by Gasteiger charge is -2.47. The van der Waals surface area contributed by atoms with E-state index in [1.54, 1.807) is 7.11 Å². The maximum absolute atomic E-state index is 5.30. The van der Waals surface area contributed by atoms with Gasteiger partial charge in [0.05, 0.1) is 6.61 Å². The fourth-order valence-corrected chi connectivity index (χ4v) is 2.43. The average Bonchev–Trinajstić information content (AvgIpc) is 2.16. The summed E-state index contributed by atoms with van der Waals surface area (Å²) in [7, 11) is 1.78. The first-order chi connectivity index (χ1) is 7.27. The standard InChI is InChI=1S/C13H28N2O/c1-12(2,3)14-7-9-15(10-8-14)13(4,5)11-16-6/h7-11H2,1-6H3. The number of rotatable bonds is 3. The fourth-order valence-electron chi connectivity index (χ4n) is 2.43. The molecule has 0 unspecified atom stereocenters. The van der Waals surface area contributed by atoms with E-state index in [-0.39, 0.29) is 5.54 Å². The topological polar surface area (TPSA) is 15.7 Å². The Bertz CT molecular complexity index is 212. The molecule has 1 rings (SSSR count). The molecular formula is C13H28N2O. The van der Waals surface area contributed by atoms with Gasteiger partial charge < -0.3 is 4.74 Å². The molecule has 3 heteroatoms. The van der Waals surface area contributed by atoms with Gasteiger partial charge in [0.1, 0.15) is 0 Å². The second kappa shape index (κ2) is 5.03. The van der Waals surface area contributed by atoms with Crippen LogP contribution >= 0.6 is 0 Å². The lowest BCUT2D eigenvalue weighted by molar-refractivity contribution is -0.0174. The van der Waals surface area contributed by atoms with Gasteiger partial charge in [0.2, 0.25) is 0 Å². The molecule has 0 amide bonds. The van der Waals surface area contributed by atoms with Crippen LogP contribution in [-0.4, -0.2) is 60.8 Å². The van der Waals surface area contributed by atoms with Crippen molar-refractivity contribution in [3.8, 4) is 0 Å². The molecule has 0 aliphatic carbocycles. The van der Waals surface area contributed by atoms with Crippen molar-refractivity contribution in [1.29, 1.82) is 0 Å². The first kappa shape index (κ1) is 13.9. The van der Waals surface area contributed by atoms with E-state index in [9.17, 15) is 0 Å². The third kappa shape index (κ3) is 3.44. The van der Waals surface area contributed by atoms with E-state index < -0.39 is 0 Å². The highest BCUT2D eigenvalue weighted by Gasteiger charge is 2.32. The third-order valence-electron chi connectivity index (χ3n) is 3.58. The first-order valence-electron chi connectivity index (χ1n) is 6.26. The number of piperazine rings is 1. The smallest absolute Gasteiger partial charge is 0.0641 e. The molecule has 1 heterocycles. The molecule has 0 atom stereocenters. The van der Waals surface area contributed by atoms with Crippen LogP contribution in [0.5, 0.6) is 0 Å². The quantitative estimate of drug-likeness (QED) is 0.733. The Morgan fingerprint density at radius 2 is 1.31 bits per heavy atom. The van der Waals surface area contributed by atoms with Crippen LogP contribution in [0.3, 0.4) is 0 Å². The summed E-state index contributed by atoms with van der Waals surface area (Å²) in [6.45, 7) is 16.8. The van der Waals surface area contributed by atoms with E-state index >= 15 is 0 Å². The fraction of sp³-hybridized carbons (Fsp3) is 1.00. The van der Waals surface area contributed by atoms with Gasteiger partial charge in [-0.3, -0.25) is 9.80 Å². The Morgan fingerprint density at radius 3 is 1.69 bits per heavy atom. The van der Waals surface area contributed by atoms with Crippen molar-refractivity contribution in [2.75, 3.05) is 39.9 Å². The zero-order valence-corrected chi connectivity index (χ0v) is 11.8. The van der Waals surface area contributed by atoms with Crippen LogP contribution in [0.4, 0.5) is 0 Å². The van der Waals surface area contributed by atoms with E-state index in [1.807, 2.05) is 0 Å². The molecule has 1 saturated heterocycles. The minimum absolute atomic E-state index is 0.165. The van der Waals surface area contributed by atoms with Crippen LogP contribution in [0, 0.1) is 0 Å². The van der Waals surface area contributed by atoms with E-state index in [1.165, 1.54) is 0 Å². The molecule has 0 radical (unpaired) electrons. The second-order valence-electron chi connectivity index (χ2n) is 6.39. The van der Waals surface area contributed by atoms with Crippen LogP contribution < -0.4 is 0 Å². The summed E-state index contributed by atoms with van der Waals surface area (Å²) in [6, 6.07) is 0. The normalized spacial score (nSPS) is 21.4. The zero-order valence-electron chi connectivity index (χ0n) is 11.8. The van der Waals surface area contributed by atoms with Crippen LogP contribution in [-0.2, 0) is 4.74 Å². The summed E-state index contributed by atoms with van der Waals surface area (Å²) in [5, 5.41) is 0. The Morgan fingerprint density at radius 1 is 0.875 bits per heavy atom. The van der Waals surface area contributed by atoms with Crippen molar-refractivity contribution in [2.24, 2.45) is 0 Å². The molecule has 0 bridgehead atoms. The van der Waals surface area contributed by atoms with Crippen LogP contribution in [0.25, 0.3) is 0 Å². The van der Waals surface area contributed by atoms with E-state index in [2.05, 4.69) is 44.4 Å². The summed E-state index contributed by atoms with van der Waals surface area (Å²) in [4.78, 5) is 5.10. The number of hydrogen-bond acceptors (Lipinski definition) is 3. The lowest BCUT2D eigenvalue weighted by Crippen LogP contribution is -2.59. The molecule has 16 heavy (non-hydrogen) atoms. The maximum Gasteiger partial charge on any atom is 0.0641 e. The van der Waals surface area contributed by atoms with Gasteiger partial charge in [-0.1, -0.05) is 0 Å². The van der Waals surface area contributed by atoms with E-state index in [0.717, 1.165) is 32.8 Å². The Kier molecular flexibility index (Phi) is 4.38. The van der Waals surface area contributed by atoms with Crippen molar-refractivity contribution in [1.82, 2.24) is 9.80 Å². The molecular weight excluding hydrogens is 200 g/mol. The number of methoxy groups -OCH3 is 1. The maximum atomic E-state index is 5.30. The molecule has 96 valence electrons. The highest BCUT2D eigenvalue weighted by Crippen LogP contribution is 2.21. The van der Waals surface area contributed by atoms with Gasteiger partial charge in [0, 0.05) is 44.4 Å². The molecule has 1 aliphatic heterocycles. The highest BCUT2D eigenvalue weighted by atomic mass is 16.5. The van der Waals surface area contributed by atoms with Gasteiger partial charge in [0.25, 0.3) is 0 Å². The second-order valence-corrected chi connectivity index (χ2v) is 6.39. The van der Waals surface area contributed by atoms with Gasteiger partial charge >= 0.3 is 0 Å². The van der Waals surface area contributed by atoms with E-state index in [0.29, 0.717) is 5.54 Å². The summed E-state index contributed by atoms with van der Waals surface area (Å²) in [5.41, 5.74) is 0.468. The molecule has 0 aromatic rings. The molecule has 0 saturated carbocycles. The minimum atomic E-state index is 0.165. The van der Waals surface area contributed by atoms with Crippen molar-refractivity contribution in [2.45, 2.75) is 45.7 Å². The van der Waals surface area contributed by atoms with Crippen LogP contribution in [0.1, 0.15) is 34.6 Å². The monoisotopic (exact) mass is 228 g/mol. The Hall–Kier alpha value is -0.120. The molecule has 0 aromatic carbocycles. The molecule has 0 aromatic heterocycles. The van der Waals surface area contributed by atoms with Gasteiger partial charge in [-0.2, -0.15) is 0 Å². The summed E-state index contributed by atoms with van der Waals surface area (Å²) >= 11 is 0. The largest absolute Gasteiger partial charge is 0.383 e. The Labute approximate surface area is 101 Å². The van der Waals surface area contributed by atoms with Crippen LogP contribution in [0.2, 0.25) is 0 Å². The Balaban J connectivity index is 2.49. The number of nitrogens with zero attached hydrogens (tertiary/aromatic N) is 2. The number of ether oxygens (including phenoxy) is 1. The van der Waals surface area contributed by atoms with Gasteiger partial charge in [0.15, 0.2) is 0 Å². The molecule has 1 aliphatic rings. The van der Waals surface area contributed by atoms with Gasteiger partial charge in [-0.15, -0.1) is 0 Å². The lowest BCUT2D eigenvalue weighted by atomic mass is 10.0. The molecule has 0 N–H and O–H groups in total. The van der Waals surface area contributed by atoms with Gasteiger partial charge in [-0.25, -0.2) is 0 Å². The number of hydrogen-bond donors (Lipinski definition) is 0. The predicted octanol–water partition coefficient (Wildman–Crippen LogP) is 1.83. The highest BCUT2D eigenvalue weighted by molar-refractivity contribution is 4.88. The zero-order chi connectivity index (χ0) is 12.4. The summed E-state index contributed by atoms with van der Waals surface area (Å²) in [6.07, 6.45) is 0. The van der Waals surface area contributed by atoms with E-state index in [4.69, 9.17) is 4.74 Å². The van der Waals surface area contributed by atoms with Crippen molar-refractivity contribution < 1.29 is 4.74 Å². The van der Waals surface area contributed by atoms with Crippen molar-refractivity contribution in [3.63, 3.8) is 0 Å². The SMILES string of the molecule is COCC(C)(C)N1CCN(C(C)(C)C)CC1. The summed E-state index contributed by atoms with van der Waals surface area (Å²) in [5.74, 6) is 0. The molecule has 3 nitrogen and oxygen atoms in total. The molecule has 0 spiro atoms. The van der Waals surface area contributed by atoms with Gasteiger partial charge in [-0.05, 0) is 34.6 Å². The first-order valence-corrected chi connectivity index (χ1v) is 6.26. The summed E-state index contributed by atoms with van der Waals surface area (Å²) < 4.78 is 5.30.